The Labute approximate surface area is 160 Å². The van der Waals surface area contributed by atoms with Crippen LogP contribution in [-0.2, 0) is 5.41 Å². The Balaban J connectivity index is 1.70. The zero-order chi connectivity index (χ0) is 18.8. The molecule has 1 nitrogen and oxygen atoms in total. The average Bonchev–Trinajstić information content (AvgIpc) is 2.92. The van der Waals surface area contributed by atoms with Crippen LogP contribution in [0.4, 0.5) is 0 Å². The van der Waals surface area contributed by atoms with E-state index < -0.39 is 0 Å². The summed E-state index contributed by atoms with van der Waals surface area (Å²) >= 11 is 0. The van der Waals surface area contributed by atoms with Crippen molar-refractivity contribution in [2.75, 3.05) is 0 Å². The van der Waals surface area contributed by atoms with Gasteiger partial charge in [-0.1, -0.05) is 62.4 Å². The molecule has 0 aliphatic heterocycles. The van der Waals surface area contributed by atoms with E-state index in [0.717, 1.165) is 5.69 Å². The fraction of sp³-hybridized carbons (Fsp3) is 0.192. The van der Waals surface area contributed by atoms with Gasteiger partial charge in [0.15, 0.2) is 0 Å². The van der Waals surface area contributed by atoms with Crippen LogP contribution in [0.25, 0.3) is 33.2 Å². The van der Waals surface area contributed by atoms with Crippen molar-refractivity contribution in [2.45, 2.75) is 33.1 Å². The summed E-state index contributed by atoms with van der Waals surface area (Å²) in [5.74, 6) is 0. The first-order valence-corrected chi connectivity index (χ1v) is 9.57. The first-order valence-electron chi connectivity index (χ1n) is 9.57. The maximum absolute atomic E-state index is 4.80. The monoisotopic (exact) mass is 349 g/mol. The molecule has 3 aromatic carbocycles. The van der Waals surface area contributed by atoms with Crippen molar-refractivity contribution >= 4 is 10.8 Å². The minimum atomic E-state index is 0.0191. The van der Waals surface area contributed by atoms with Gasteiger partial charge in [-0.05, 0) is 64.7 Å². The summed E-state index contributed by atoms with van der Waals surface area (Å²) in [6.45, 7) is 8.97. The Morgan fingerprint density at radius 2 is 1.41 bits per heavy atom. The lowest BCUT2D eigenvalue weighted by atomic mass is 9.82. The summed E-state index contributed by atoms with van der Waals surface area (Å²) in [5, 5.41) is 2.54. The second kappa shape index (κ2) is 5.53. The van der Waals surface area contributed by atoms with Crippen LogP contribution < -0.4 is 0 Å². The Morgan fingerprint density at radius 1 is 0.704 bits per heavy atom. The first kappa shape index (κ1) is 16.3. The lowest BCUT2D eigenvalue weighted by Crippen LogP contribution is -2.14. The van der Waals surface area contributed by atoms with E-state index in [0.29, 0.717) is 0 Å². The van der Waals surface area contributed by atoms with Crippen LogP contribution in [-0.4, -0.2) is 4.98 Å². The maximum atomic E-state index is 4.80. The number of benzene rings is 3. The number of rotatable bonds is 1. The quantitative estimate of drug-likeness (QED) is 0.367. The van der Waals surface area contributed by atoms with E-state index in [-0.39, 0.29) is 5.41 Å². The first-order chi connectivity index (χ1) is 13.0. The van der Waals surface area contributed by atoms with Gasteiger partial charge < -0.3 is 0 Å². The minimum Gasteiger partial charge on any atom is -0.256 e. The van der Waals surface area contributed by atoms with E-state index in [9.17, 15) is 0 Å². The molecule has 0 saturated carbocycles. The van der Waals surface area contributed by atoms with E-state index >= 15 is 0 Å². The largest absolute Gasteiger partial charge is 0.256 e. The Hall–Kier alpha value is -2.93. The summed E-state index contributed by atoms with van der Waals surface area (Å²) < 4.78 is 0. The summed E-state index contributed by atoms with van der Waals surface area (Å²) in [4.78, 5) is 4.80. The highest BCUT2D eigenvalue weighted by molar-refractivity contribution is 5.91. The van der Waals surface area contributed by atoms with Crippen LogP contribution in [0.3, 0.4) is 0 Å². The predicted octanol–water partition coefficient (Wildman–Crippen LogP) is 6.82. The molecule has 0 saturated heterocycles. The van der Waals surface area contributed by atoms with E-state index in [1.54, 1.807) is 0 Å². The highest BCUT2D eigenvalue weighted by Crippen LogP contribution is 2.49. The summed E-state index contributed by atoms with van der Waals surface area (Å²) in [6, 6.07) is 22.2. The molecule has 0 spiro atoms. The number of hydrogen-bond donors (Lipinski definition) is 0. The molecule has 0 bridgehead atoms. The van der Waals surface area contributed by atoms with Crippen LogP contribution in [0.1, 0.15) is 36.1 Å². The zero-order valence-electron chi connectivity index (χ0n) is 16.3. The van der Waals surface area contributed by atoms with Gasteiger partial charge in [-0.2, -0.15) is 0 Å². The maximum Gasteiger partial charge on any atom is 0.0708 e. The normalized spacial score (nSPS) is 14.2. The fourth-order valence-electron chi connectivity index (χ4n) is 4.55. The molecule has 0 N–H and O–H groups in total. The molecule has 132 valence electrons. The molecule has 0 radical (unpaired) electrons. The zero-order valence-corrected chi connectivity index (χ0v) is 16.3. The third kappa shape index (κ3) is 2.28. The fourth-order valence-corrected chi connectivity index (χ4v) is 4.55. The van der Waals surface area contributed by atoms with Gasteiger partial charge in [0, 0.05) is 22.6 Å². The van der Waals surface area contributed by atoms with Crippen molar-refractivity contribution in [1.82, 2.24) is 4.98 Å². The number of fused-ring (bicyclic) bond motifs is 4. The van der Waals surface area contributed by atoms with Crippen molar-refractivity contribution in [3.63, 3.8) is 0 Å². The van der Waals surface area contributed by atoms with Crippen molar-refractivity contribution in [3.8, 4) is 22.4 Å². The van der Waals surface area contributed by atoms with Gasteiger partial charge in [-0.25, -0.2) is 0 Å². The molecule has 27 heavy (non-hydrogen) atoms. The third-order valence-electron chi connectivity index (χ3n) is 6.22. The highest BCUT2D eigenvalue weighted by Gasteiger charge is 2.35. The van der Waals surface area contributed by atoms with Crippen molar-refractivity contribution in [2.24, 2.45) is 0 Å². The lowest BCUT2D eigenvalue weighted by molar-refractivity contribution is 0.660. The number of hydrogen-bond acceptors (Lipinski definition) is 1. The van der Waals surface area contributed by atoms with Gasteiger partial charge in [0.05, 0.1) is 5.69 Å². The summed E-state index contributed by atoms with van der Waals surface area (Å²) in [7, 11) is 0. The number of aromatic nitrogens is 1. The molecule has 0 unspecified atom stereocenters. The van der Waals surface area contributed by atoms with Crippen LogP contribution in [0.2, 0.25) is 0 Å². The molecule has 0 amide bonds. The Kier molecular flexibility index (Phi) is 3.33. The van der Waals surface area contributed by atoms with Crippen molar-refractivity contribution < 1.29 is 0 Å². The molecule has 1 aromatic heterocycles. The molecule has 0 atom stereocenters. The van der Waals surface area contributed by atoms with Gasteiger partial charge in [0.2, 0.25) is 0 Å². The van der Waals surface area contributed by atoms with Crippen LogP contribution in [0, 0.1) is 13.8 Å². The van der Waals surface area contributed by atoms with E-state index in [1.165, 1.54) is 49.7 Å². The molecule has 4 aromatic rings. The molecular weight excluding hydrogens is 326 g/mol. The van der Waals surface area contributed by atoms with E-state index in [2.05, 4.69) is 88.4 Å². The highest BCUT2D eigenvalue weighted by atomic mass is 14.7. The predicted molar refractivity (Wildman–Crippen MR) is 114 cm³/mol. The van der Waals surface area contributed by atoms with E-state index in [4.69, 9.17) is 4.98 Å². The smallest absolute Gasteiger partial charge is 0.0708 e. The molecule has 1 aliphatic carbocycles. The summed E-state index contributed by atoms with van der Waals surface area (Å²) in [6.07, 6.45) is 2.03. The van der Waals surface area contributed by atoms with Crippen LogP contribution in [0.15, 0.2) is 66.9 Å². The molecule has 1 heteroatoms. The average molecular weight is 349 g/mol. The molecule has 5 rings (SSSR count). The molecular formula is C26H23N. The summed E-state index contributed by atoms with van der Waals surface area (Å²) in [5.41, 5.74) is 10.4. The van der Waals surface area contributed by atoms with Gasteiger partial charge >= 0.3 is 0 Å². The molecule has 1 aliphatic rings. The van der Waals surface area contributed by atoms with Crippen LogP contribution in [0.5, 0.6) is 0 Å². The Bertz CT molecular complexity index is 1210. The number of pyridine rings is 1. The lowest BCUT2D eigenvalue weighted by Gasteiger charge is -2.22. The van der Waals surface area contributed by atoms with Crippen molar-refractivity contribution in [3.05, 3.63) is 89.1 Å². The van der Waals surface area contributed by atoms with Gasteiger partial charge in [0.25, 0.3) is 0 Å². The number of aryl methyl sites for hydroxylation is 2. The Morgan fingerprint density at radius 3 is 2.22 bits per heavy atom. The van der Waals surface area contributed by atoms with Gasteiger partial charge in [-0.3, -0.25) is 4.98 Å². The minimum absolute atomic E-state index is 0.0191. The topological polar surface area (TPSA) is 12.9 Å². The van der Waals surface area contributed by atoms with Gasteiger partial charge in [-0.15, -0.1) is 0 Å². The second-order valence-electron chi connectivity index (χ2n) is 8.25. The van der Waals surface area contributed by atoms with E-state index in [1.807, 2.05) is 6.20 Å². The SMILES string of the molecule is Cc1ccc(C)c2cc(-c3ccc4c(c3)C(C)(C)c3ccccc3-4)ncc12. The van der Waals surface area contributed by atoms with Gasteiger partial charge in [0.1, 0.15) is 0 Å². The molecule has 1 heterocycles. The third-order valence-corrected chi connectivity index (χ3v) is 6.22. The van der Waals surface area contributed by atoms with Crippen molar-refractivity contribution in [1.29, 1.82) is 0 Å². The molecule has 0 fully saturated rings. The van der Waals surface area contributed by atoms with Crippen LogP contribution >= 0.6 is 0 Å². The second-order valence-corrected chi connectivity index (χ2v) is 8.25. The number of nitrogens with zero attached hydrogens (tertiary/aromatic N) is 1. The standard InChI is InChI=1S/C26H23N/c1-16-9-10-17(2)22-15-27-25(14-21(16)22)18-11-12-20-19-7-5-6-8-23(19)26(3,4)24(20)13-18/h5-15H,1-4H3.